The monoisotopic (exact) mass is 397 g/mol. The Kier molecular flexibility index (Phi) is 6.33. The van der Waals surface area contributed by atoms with Gasteiger partial charge in [-0.2, -0.15) is 0 Å². The molecule has 0 bridgehead atoms. The number of anilines is 2. The zero-order chi connectivity index (χ0) is 20.3. The molecule has 1 N–H and O–H groups in total. The van der Waals surface area contributed by atoms with Crippen molar-refractivity contribution in [3.8, 4) is 0 Å². The summed E-state index contributed by atoms with van der Waals surface area (Å²) in [6.07, 6.45) is 0.347. The Morgan fingerprint density at radius 2 is 1.93 bits per heavy atom. The highest BCUT2D eigenvalue weighted by molar-refractivity contribution is 5.90. The fourth-order valence-corrected chi connectivity index (χ4v) is 3.67. The smallest absolute Gasteiger partial charge is 0.414 e. The van der Waals surface area contributed by atoms with Crippen molar-refractivity contribution in [1.82, 2.24) is 5.32 Å². The Labute approximate surface area is 162 Å². The number of nitrogens with one attached hydrogen (secondary N) is 1. The number of ether oxygens (including phenoxy) is 2. The van der Waals surface area contributed by atoms with E-state index in [9.17, 15) is 18.4 Å². The second-order valence-electron chi connectivity index (χ2n) is 7.20. The predicted molar refractivity (Wildman–Crippen MR) is 99.5 cm³/mol. The zero-order valence-corrected chi connectivity index (χ0v) is 16.0. The molecule has 2 aliphatic heterocycles. The van der Waals surface area contributed by atoms with Crippen molar-refractivity contribution >= 4 is 23.4 Å². The molecular formula is C19H25F2N3O4. The maximum absolute atomic E-state index is 14.7. The summed E-state index contributed by atoms with van der Waals surface area (Å²) in [5.41, 5.74) is 0.0327. The minimum absolute atomic E-state index is 0.0676. The molecule has 154 valence electrons. The molecule has 3 rings (SSSR count). The summed E-state index contributed by atoms with van der Waals surface area (Å²) in [6, 6.07) is 2.31. The number of hydrogen-bond donors (Lipinski definition) is 1. The van der Waals surface area contributed by atoms with Gasteiger partial charge in [-0.3, -0.25) is 9.69 Å². The average molecular weight is 397 g/mol. The van der Waals surface area contributed by atoms with E-state index >= 15 is 0 Å². The molecule has 2 heterocycles. The molecule has 0 radical (unpaired) electrons. The molecule has 1 atom stereocenters. The van der Waals surface area contributed by atoms with Crippen LogP contribution in [0.5, 0.6) is 0 Å². The predicted octanol–water partition coefficient (Wildman–Crippen LogP) is 2.29. The van der Waals surface area contributed by atoms with E-state index in [4.69, 9.17) is 9.47 Å². The fraction of sp³-hybridized carbons (Fsp3) is 0.579. The molecule has 2 fully saturated rings. The van der Waals surface area contributed by atoms with Gasteiger partial charge in [0.2, 0.25) is 5.91 Å². The quantitative estimate of drug-likeness (QED) is 0.798. The van der Waals surface area contributed by atoms with Crippen LogP contribution in [0.4, 0.5) is 25.0 Å². The Morgan fingerprint density at radius 1 is 1.29 bits per heavy atom. The van der Waals surface area contributed by atoms with Crippen molar-refractivity contribution in [3.63, 3.8) is 0 Å². The maximum atomic E-state index is 14.7. The first-order valence-electron chi connectivity index (χ1n) is 9.34. The van der Waals surface area contributed by atoms with E-state index in [1.807, 2.05) is 0 Å². The highest BCUT2D eigenvalue weighted by Crippen LogP contribution is 2.33. The number of amides is 2. The second-order valence-corrected chi connectivity index (χ2v) is 7.20. The van der Waals surface area contributed by atoms with Crippen molar-refractivity contribution in [2.24, 2.45) is 5.92 Å². The molecule has 1 aromatic rings. The third kappa shape index (κ3) is 4.52. The fourth-order valence-electron chi connectivity index (χ4n) is 3.67. The van der Waals surface area contributed by atoms with Crippen LogP contribution in [0.2, 0.25) is 0 Å². The summed E-state index contributed by atoms with van der Waals surface area (Å²) in [5.74, 6) is -1.27. The molecule has 7 nitrogen and oxygen atoms in total. The third-order valence-electron chi connectivity index (χ3n) is 5.10. The lowest BCUT2D eigenvalue weighted by atomic mass is 9.97. The van der Waals surface area contributed by atoms with E-state index in [0.29, 0.717) is 25.6 Å². The van der Waals surface area contributed by atoms with Crippen molar-refractivity contribution in [2.75, 3.05) is 49.7 Å². The van der Waals surface area contributed by atoms with Crippen LogP contribution in [0.3, 0.4) is 0 Å². The first kappa shape index (κ1) is 20.3. The Bertz CT molecular complexity index is 715. The summed E-state index contributed by atoms with van der Waals surface area (Å²) in [4.78, 5) is 25.9. The number of rotatable bonds is 6. The van der Waals surface area contributed by atoms with Gasteiger partial charge in [-0.1, -0.05) is 0 Å². The van der Waals surface area contributed by atoms with Crippen LogP contribution in [-0.2, 0) is 14.3 Å². The number of carbonyl (C=O) groups excluding carboxylic acids is 2. The molecule has 0 saturated carbocycles. The standard InChI is InChI=1S/C19H25F2N3O4/c1-12(25)22-9-15-10-24(19(26)28-15)14-7-16(20)18(17(21)8-14)23-5-3-13(4-6-23)11-27-2/h7-8,13,15H,3-6,9-11H2,1-2H3,(H,22,25)/t15-/m0/s1. The lowest BCUT2D eigenvalue weighted by molar-refractivity contribution is -0.119. The molecule has 0 aromatic heterocycles. The number of halogens is 2. The van der Waals surface area contributed by atoms with Gasteiger partial charge >= 0.3 is 6.09 Å². The largest absolute Gasteiger partial charge is 0.442 e. The van der Waals surface area contributed by atoms with Crippen LogP contribution in [0.25, 0.3) is 0 Å². The van der Waals surface area contributed by atoms with Gasteiger partial charge in [0.05, 0.1) is 18.8 Å². The molecule has 2 saturated heterocycles. The van der Waals surface area contributed by atoms with E-state index in [0.717, 1.165) is 25.0 Å². The van der Waals surface area contributed by atoms with Crippen LogP contribution in [0.15, 0.2) is 12.1 Å². The number of nitrogens with zero attached hydrogens (tertiary/aromatic N) is 2. The van der Waals surface area contributed by atoms with Crippen molar-refractivity contribution in [2.45, 2.75) is 25.9 Å². The molecular weight excluding hydrogens is 372 g/mol. The SMILES string of the molecule is COCC1CCN(c2c(F)cc(N3C[C@H](CNC(C)=O)OC3=O)cc2F)CC1. The zero-order valence-electron chi connectivity index (χ0n) is 16.0. The Morgan fingerprint density at radius 3 is 2.50 bits per heavy atom. The first-order chi connectivity index (χ1) is 13.4. The van der Waals surface area contributed by atoms with Gasteiger partial charge in [-0.15, -0.1) is 0 Å². The molecule has 2 amide bonds. The maximum Gasteiger partial charge on any atom is 0.414 e. The third-order valence-corrected chi connectivity index (χ3v) is 5.10. The van der Waals surface area contributed by atoms with Gasteiger partial charge in [0.1, 0.15) is 11.8 Å². The highest BCUT2D eigenvalue weighted by Gasteiger charge is 2.34. The van der Waals surface area contributed by atoms with Crippen molar-refractivity contribution in [3.05, 3.63) is 23.8 Å². The van der Waals surface area contributed by atoms with E-state index in [-0.39, 0.29) is 30.4 Å². The molecule has 0 aliphatic carbocycles. The summed E-state index contributed by atoms with van der Waals surface area (Å²) < 4.78 is 39.8. The first-order valence-corrected chi connectivity index (χ1v) is 9.34. The number of benzene rings is 1. The summed E-state index contributed by atoms with van der Waals surface area (Å²) >= 11 is 0. The summed E-state index contributed by atoms with van der Waals surface area (Å²) in [7, 11) is 1.65. The Hall–Kier alpha value is -2.42. The van der Waals surface area contributed by atoms with Crippen LogP contribution in [0, 0.1) is 17.6 Å². The molecule has 9 heteroatoms. The van der Waals surface area contributed by atoms with E-state index < -0.39 is 23.8 Å². The van der Waals surface area contributed by atoms with Gasteiger partial charge in [0.25, 0.3) is 0 Å². The van der Waals surface area contributed by atoms with Gasteiger partial charge in [0.15, 0.2) is 11.6 Å². The lowest BCUT2D eigenvalue weighted by Gasteiger charge is -2.34. The topological polar surface area (TPSA) is 71.1 Å². The van der Waals surface area contributed by atoms with Crippen LogP contribution < -0.4 is 15.1 Å². The highest BCUT2D eigenvalue weighted by atomic mass is 19.1. The summed E-state index contributed by atoms with van der Waals surface area (Å²) in [5, 5.41) is 2.56. The minimum Gasteiger partial charge on any atom is -0.442 e. The lowest BCUT2D eigenvalue weighted by Crippen LogP contribution is -2.36. The second kappa shape index (κ2) is 8.72. The van der Waals surface area contributed by atoms with Crippen LogP contribution >= 0.6 is 0 Å². The van der Waals surface area contributed by atoms with Gasteiger partial charge in [-0.25, -0.2) is 13.6 Å². The average Bonchev–Trinajstić information content (AvgIpc) is 3.02. The molecule has 2 aliphatic rings. The molecule has 1 aromatic carbocycles. The van der Waals surface area contributed by atoms with E-state index in [2.05, 4.69) is 5.32 Å². The molecule has 0 unspecified atom stereocenters. The van der Waals surface area contributed by atoms with Crippen molar-refractivity contribution < 1.29 is 27.8 Å². The molecule has 0 spiro atoms. The summed E-state index contributed by atoms with van der Waals surface area (Å²) in [6.45, 7) is 3.36. The van der Waals surface area contributed by atoms with Gasteiger partial charge in [0, 0.05) is 45.9 Å². The minimum atomic E-state index is -0.710. The number of methoxy groups -OCH3 is 1. The van der Waals surface area contributed by atoms with Crippen molar-refractivity contribution in [1.29, 1.82) is 0 Å². The molecule has 28 heavy (non-hydrogen) atoms. The van der Waals surface area contributed by atoms with E-state index in [1.54, 1.807) is 12.0 Å². The Balaban J connectivity index is 1.70. The van der Waals surface area contributed by atoms with Gasteiger partial charge in [-0.05, 0) is 18.8 Å². The number of carbonyl (C=O) groups is 2. The number of hydrogen-bond acceptors (Lipinski definition) is 5. The number of cyclic esters (lactones) is 1. The van der Waals surface area contributed by atoms with Crippen LogP contribution in [0.1, 0.15) is 19.8 Å². The van der Waals surface area contributed by atoms with Gasteiger partial charge < -0.3 is 19.7 Å². The normalized spacial score (nSPS) is 20.4. The van der Waals surface area contributed by atoms with Crippen LogP contribution in [-0.4, -0.2) is 58.0 Å². The number of piperidine rings is 1. The van der Waals surface area contributed by atoms with E-state index in [1.165, 1.54) is 11.8 Å².